The average Bonchev–Trinajstić information content (AvgIpc) is 2.81. The Labute approximate surface area is 197 Å². The monoisotopic (exact) mass is 483 g/mol. The number of nitrogens with two attached hydrogens (primary N) is 1. The molecule has 178 valence electrons. The molecule has 1 aromatic heterocycles. The lowest BCUT2D eigenvalue weighted by molar-refractivity contribution is 0.252. The van der Waals surface area contributed by atoms with Gasteiger partial charge in [0.1, 0.15) is 27.9 Å². The van der Waals surface area contributed by atoms with Gasteiger partial charge in [0.05, 0.1) is 25.7 Å². The maximum Gasteiger partial charge on any atom is 0.344 e. The summed E-state index contributed by atoms with van der Waals surface area (Å²) in [5.74, 6) is 5.00. The van der Waals surface area contributed by atoms with E-state index in [-0.39, 0.29) is 0 Å². The van der Waals surface area contributed by atoms with Crippen molar-refractivity contribution in [2.75, 3.05) is 14.2 Å². The van der Waals surface area contributed by atoms with Crippen molar-refractivity contribution in [2.24, 2.45) is 5.14 Å². The van der Waals surface area contributed by atoms with Gasteiger partial charge in [0, 0.05) is 16.8 Å². The third-order valence-corrected chi connectivity index (χ3v) is 5.97. The molecule has 0 radical (unpaired) electrons. The van der Waals surface area contributed by atoms with Crippen molar-refractivity contribution in [2.45, 2.75) is 19.6 Å². The summed E-state index contributed by atoms with van der Waals surface area (Å²) in [7, 11) is 0.00367. The zero-order chi connectivity index (χ0) is 24.5. The smallest absolute Gasteiger partial charge is 0.344 e. The van der Waals surface area contributed by atoms with Gasteiger partial charge >= 0.3 is 5.63 Å². The molecule has 34 heavy (non-hydrogen) atoms. The van der Waals surface area contributed by atoms with Gasteiger partial charge in [-0.3, -0.25) is 4.18 Å². The molecule has 0 aliphatic carbocycles. The largest absolute Gasteiger partial charge is 0.497 e. The number of benzene rings is 3. The van der Waals surface area contributed by atoms with Crippen molar-refractivity contribution in [3.05, 3.63) is 76.1 Å². The van der Waals surface area contributed by atoms with Crippen LogP contribution in [0.1, 0.15) is 24.2 Å². The molecule has 0 saturated carbocycles. The molecule has 8 nitrogen and oxygen atoms in total. The van der Waals surface area contributed by atoms with Crippen LogP contribution in [0.3, 0.4) is 0 Å². The predicted molar refractivity (Wildman–Crippen MR) is 133 cm³/mol. The highest BCUT2D eigenvalue weighted by atomic mass is 32.2. The second kappa shape index (κ2) is 9.38. The van der Waals surface area contributed by atoms with E-state index in [9.17, 15) is 9.00 Å². The van der Waals surface area contributed by atoms with Gasteiger partial charge in [0.15, 0.2) is 11.5 Å². The van der Waals surface area contributed by atoms with Crippen LogP contribution in [0.25, 0.3) is 21.7 Å². The molecule has 3 aromatic carbocycles. The molecule has 2 N–H and O–H groups in total. The molecule has 0 aliphatic rings. The minimum absolute atomic E-state index is 0.293. The first-order valence-electron chi connectivity index (χ1n) is 10.4. The van der Waals surface area contributed by atoms with Crippen molar-refractivity contribution < 1.29 is 27.0 Å². The van der Waals surface area contributed by atoms with E-state index in [4.69, 9.17) is 27.9 Å². The quantitative estimate of drug-likeness (QED) is 0.228. The summed E-state index contributed by atoms with van der Waals surface area (Å²) in [6.07, 6.45) is -0.627. The highest BCUT2D eigenvalue weighted by Crippen LogP contribution is 2.36. The van der Waals surface area contributed by atoms with Gasteiger partial charge in [-0.05, 0) is 48.2 Å². The zero-order valence-corrected chi connectivity index (χ0v) is 19.8. The summed E-state index contributed by atoms with van der Waals surface area (Å²) in [5.41, 5.74) is 1.40. The van der Waals surface area contributed by atoms with Crippen molar-refractivity contribution in [1.29, 1.82) is 0 Å². The fourth-order valence-electron chi connectivity index (χ4n) is 3.66. The van der Waals surface area contributed by atoms with Gasteiger partial charge in [-0.15, -0.1) is 0 Å². The molecule has 9 heteroatoms. The molecular weight excluding hydrogens is 458 g/mol. The maximum atomic E-state index is 12.8. The van der Waals surface area contributed by atoms with Crippen molar-refractivity contribution in [3.63, 3.8) is 0 Å². The van der Waals surface area contributed by atoms with Gasteiger partial charge < -0.3 is 18.6 Å². The van der Waals surface area contributed by atoms with Gasteiger partial charge in [0.25, 0.3) is 0 Å². The van der Waals surface area contributed by atoms with E-state index < -0.39 is 21.7 Å². The molecule has 0 bridgehead atoms. The van der Waals surface area contributed by atoms with E-state index in [0.29, 0.717) is 45.4 Å². The molecule has 1 heterocycles. The Hall–Kier alpha value is -3.53. The van der Waals surface area contributed by atoms with Crippen LogP contribution in [0.5, 0.6) is 17.2 Å². The fraction of sp³-hybridized carbons (Fsp3) is 0.200. The summed E-state index contributed by atoms with van der Waals surface area (Å²) in [5, 5.41) is 7.10. The van der Waals surface area contributed by atoms with Gasteiger partial charge in [0.2, 0.25) is 0 Å². The number of hydrogen-bond donors (Lipinski definition) is 1. The van der Waals surface area contributed by atoms with Crippen LogP contribution in [0.2, 0.25) is 0 Å². The number of methoxy groups -OCH3 is 2. The molecular formula is C25H25NO7S. The van der Waals surface area contributed by atoms with E-state index >= 15 is 0 Å². The summed E-state index contributed by atoms with van der Waals surface area (Å²) in [6, 6.07) is 16.1. The van der Waals surface area contributed by atoms with E-state index in [0.717, 1.165) is 11.3 Å². The number of hydrogen-bond acceptors (Lipinski definition) is 7. The minimum Gasteiger partial charge on any atom is -0.497 e. The summed E-state index contributed by atoms with van der Waals surface area (Å²) < 4.78 is 39.2. The number of ether oxygens (including phenoxy) is 3. The molecule has 0 saturated heterocycles. The van der Waals surface area contributed by atoms with Crippen LogP contribution in [-0.4, -0.2) is 24.3 Å². The fourth-order valence-corrected chi connectivity index (χ4v) is 4.26. The molecule has 0 fully saturated rings. The topological polar surface area (TPSA) is 110 Å². The Morgan fingerprint density at radius 1 is 0.971 bits per heavy atom. The maximum absolute atomic E-state index is 12.8. The van der Waals surface area contributed by atoms with Crippen LogP contribution in [0.15, 0.2) is 63.8 Å². The SMILES string of the molecule is C=S(N)(=O)OC(C)c1ccc2c(c1)c(=O)oc1cc(OCc3ccc(OC)cc3)c(OC)cc12. The average molecular weight is 484 g/mol. The first-order chi connectivity index (χ1) is 16.2. The molecule has 4 aromatic rings. The van der Waals surface area contributed by atoms with E-state index in [2.05, 4.69) is 5.87 Å². The van der Waals surface area contributed by atoms with E-state index in [1.807, 2.05) is 24.3 Å². The lowest BCUT2D eigenvalue weighted by Gasteiger charge is -2.15. The zero-order valence-electron chi connectivity index (χ0n) is 19.0. The lowest BCUT2D eigenvalue weighted by atomic mass is 10.0. The third-order valence-electron chi connectivity index (χ3n) is 5.35. The summed E-state index contributed by atoms with van der Waals surface area (Å²) >= 11 is 0. The number of rotatable bonds is 8. The van der Waals surface area contributed by atoms with Gasteiger partial charge in [-0.25, -0.2) is 14.1 Å². The minimum atomic E-state index is -3.15. The highest BCUT2D eigenvalue weighted by Gasteiger charge is 2.16. The second-order valence-corrected chi connectivity index (χ2v) is 9.25. The second-order valence-electron chi connectivity index (χ2n) is 7.73. The Morgan fingerprint density at radius 2 is 1.71 bits per heavy atom. The normalized spacial score (nSPS) is 14.0. The first-order valence-corrected chi connectivity index (χ1v) is 12.1. The Morgan fingerprint density at radius 3 is 2.35 bits per heavy atom. The van der Waals surface area contributed by atoms with E-state index in [1.54, 1.807) is 51.5 Å². The Balaban J connectivity index is 1.71. The predicted octanol–water partition coefficient (Wildman–Crippen LogP) is 4.13. The van der Waals surface area contributed by atoms with Crippen LogP contribution < -0.4 is 25.0 Å². The van der Waals surface area contributed by atoms with Crippen LogP contribution >= 0.6 is 0 Å². The van der Waals surface area contributed by atoms with Crippen LogP contribution in [0.4, 0.5) is 0 Å². The Bertz CT molecular complexity index is 1510. The van der Waals surface area contributed by atoms with Gasteiger partial charge in [-0.2, -0.15) is 0 Å². The van der Waals surface area contributed by atoms with Gasteiger partial charge in [-0.1, -0.05) is 24.3 Å². The molecule has 2 unspecified atom stereocenters. The standard InChI is InChI=1S/C25H25NO7S/c1-15(33-34(4,26)28)17-7-10-19-20-12-23(30-3)24(13-22(20)32-25(27)21(19)11-17)31-14-16-5-8-18(29-2)9-6-16/h5-13,15H,4,14H2,1-3H3,(H2,26,28). The van der Waals surface area contributed by atoms with Crippen molar-refractivity contribution in [1.82, 2.24) is 0 Å². The summed E-state index contributed by atoms with van der Waals surface area (Å²) in [6.45, 7) is 1.97. The van der Waals surface area contributed by atoms with Crippen molar-refractivity contribution in [3.8, 4) is 17.2 Å². The summed E-state index contributed by atoms with van der Waals surface area (Å²) in [4.78, 5) is 12.8. The van der Waals surface area contributed by atoms with Crippen molar-refractivity contribution >= 4 is 37.6 Å². The Kier molecular flexibility index (Phi) is 6.52. The number of fused-ring (bicyclic) bond motifs is 3. The molecule has 4 rings (SSSR count). The van der Waals surface area contributed by atoms with Crippen LogP contribution in [0, 0.1) is 0 Å². The van der Waals surface area contributed by atoms with Crippen LogP contribution in [-0.2, 0) is 20.8 Å². The first kappa shape index (κ1) is 23.6. The molecule has 2 atom stereocenters. The molecule has 0 aliphatic heterocycles. The lowest BCUT2D eigenvalue weighted by Crippen LogP contribution is -2.17. The van der Waals surface area contributed by atoms with E-state index in [1.165, 1.54) is 0 Å². The molecule has 0 amide bonds. The highest BCUT2D eigenvalue weighted by molar-refractivity contribution is 7.93. The third kappa shape index (κ3) is 5.01. The molecule has 0 spiro atoms.